The Kier molecular flexibility index (Phi) is 5.47. The minimum Gasteiger partial charge on any atom is -0.346 e. The van der Waals surface area contributed by atoms with E-state index < -0.39 is 12.1 Å². The highest BCUT2D eigenvalue weighted by Crippen LogP contribution is 2.38. The lowest BCUT2D eigenvalue weighted by molar-refractivity contribution is -0.157. The van der Waals surface area contributed by atoms with Crippen molar-refractivity contribution >= 4 is 40.8 Å². The van der Waals surface area contributed by atoms with E-state index >= 15 is 0 Å². The van der Waals surface area contributed by atoms with E-state index in [9.17, 15) is 18.8 Å². The Hall–Kier alpha value is -2.39. The average molecular weight is 460 g/mol. The summed E-state index contributed by atoms with van der Waals surface area (Å²) in [5, 5.41) is 4.82. The molecule has 1 N–H and O–H groups in total. The van der Waals surface area contributed by atoms with Gasteiger partial charge in [-0.3, -0.25) is 14.4 Å². The van der Waals surface area contributed by atoms with Crippen LogP contribution in [0.3, 0.4) is 0 Å². The molecule has 162 valence electrons. The van der Waals surface area contributed by atoms with E-state index in [4.69, 9.17) is 0 Å². The number of hydrogen-bond donors (Lipinski definition) is 1. The SMILES string of the molecule is O=C(NC1CCN2C(=O)C3C(SCc4ccc(F)cc4)CCN3C(=O)C12)c1cccs1. The Morgan fingerprint density at radius 2 is 1.77 bits per heavy atom. The number of thiophene rings is 1. The van der Waals surface area contributed by atoms with Crippen LogP contribution in [0.15, 0.2) is 41.8 Å². The third kappa shape index (κ3) is 3.74. The van der Waals surface area contributed by atoms with Gasteiger partial charge in [0.1, 0.15) is 17.9 Å². The topological polar surface area (TPSA) is 69.7 Å². The van der Waals surface area contributed by atoms with Gasteiger partial charge in [0.25, 0.3) is 5.91 Å². The van der Waals surface area contributed by atoms with E-state index in [0.717, 1.165) is 12.0 Å². The van der Waals surface area contributed by atoms with Crippen molar-refractivity contribution in [2.75, 3.05) is 13.1 Å². The standard InChI is InChI=1S/C22H22FN3O3S2/c23-14-5-3-13(4-6-14)12-31-16-8-10-26-19(16)22(29)25-9-7-15(18(25)21(26)28)24-20(27)17-2-1-11-30-17/h1-6,11,15-16,18-19H,7-10,12H2,(H,24,27). The van der Waals surface area contributed by atoms with E-state index in [1.807, 2.05) is 11.4 Å². The summed E-state index contributed by atoms with van der Waals surface area (Å²) in [7, 11) is 0. The van der Waals surface area contributed by atoms with Crippen molar-refractivity contribution in [2.24, 2.45) is 0 Å². The van der Waals surface area contributed by atoms with Crippen molar-refractivity contribution in [3.05, 3.63) is 58.0 Å². The minimum atomic E-state index is -0.617. The van der Waals surface area contributed by atoms with Gasteiger partial charge < -0.3 is 15.1 Å². The largest absolute Gasteiger partial charge is 0.346 e. The Balaban J connectivity index is 1.27. The molecule has 0 aliphatic carbocycles. The second-order valence-corrected chi connectivity index (χ2v) is 10.2. The predicted octanol–water partition coefficient (Wildman–Crippen LogP) is 2.50. The van der Waals surface area contributed by atoms with E-state index in [1.165, 1.54) is 23.5 Å². The van der Waals surface area contributed by atoms with Gasteiger partial charge in [0, 0.05) is 24.1 Å². The maximum atomic E-state index is 13.3. The molecule has 4 atom stereocenters. The first-order chi connectivity index (χ1) is 15.0. The van der Waals surface area contributed by atoms with E-state index in [-0.39, 0.29) is 34.8 Å². The highest BCUT2D eigenvalue weighted by molar-refractivity contribution is 7.99. The molecule has 3 saturated heterocycles. The molecular formula is C22H22FN3O3S2. The maximum absolute atomic E-state index is 13.3. The molecule has 1 aromatic carbocycles. The lowest BCUT2D eigenvalue weighted by Crippen LogP contribution is -2.65. The Morgan fingerprint density at radius 1 is 1.06 bits per heavy atom. The number of amides is 3. The number of carbonyl (C=O) groups is 3. The lowest BCUT2D eigenvalue weighted by atomic mass is 10.0. The van der Waals surface area contributed by atoms with Crippen LogP contribution in [0, 0.1) is 5.82 Å². The van der Waals surface area contributed by atoms with Crippen molar-refractivity contribution < 1.29 is 18.8 Å². The van der Waals surface area contributed by atoms with Crippen LogP contribution in [0.2, 0.25) is 0 Å². The second kappa shape index (κ2) is 8.27. The van der Waals surface area contributed by atoms with Gasteiger partial charge in [-0.1, -0.05) is 18.2 Å². The van der Waals surface area contributed by atoms with Crippen LogP contribution in [0.1, 0.15) is 28.1 Å². The molecule has 0 bridgehead atoms. The van der Waals surface area contributed by atoms with Gasteiger partial charge in [-0.05, 0) is 42.0 Å². The summed E-state index contributed by atoms with van der Waals surface area (Å²) >= 11 is 3.00. The third-order valence-electron chi connectivity index (χ3n) is 6.25. The van der Waals surface area contributed by atoms with Crippen LogP contribution < -0.4 is 5.32 Å². The normalized spacial score (nSPS) is 27.4. The molecule has 2 aromatic rings. The minimum absolute atomic E-state index is 0.0159. The van der Waals surface area contributed by atoms with E-state index in [2.05, 4.69) is 5.32 Å². The summed E-state index contributed by atoms with van der Waals surface area (Å²) in [6.07, 6.45) is 1.33. The quantitative estimate of drug-likeness (QED) is 0.746. The highest BCUT2D eigenvalue weighted by atomic mass is 32.2. The van der Waals surface area contributed by atoms with Gasteiger partial charge >= 0.3 is 0 Å². The molecular weight excluding hydrogens is 437 g/mol. The molecule has 3 aliphatic rings. The number of halogens is 1. The fraction of sp³-hybridized carbons (Fsp3) is 0.409. The molecule has 0 spiro atoms. The zero-order chi connectivity index (χ0) is 21.5. The molecule has 0 radical (unpaired) electrons. The first kappa shape index (κ1) is 20.5. The van der Waals surface area contributed by atoms with Crippen LogP contribution in [-0.2, 0) is 15.3 Å². The molecule has 3 aliphatic heterocycles. The number of nitrogens with zero attached hydrogens (tertiary/aromatic N) is 2. The molecule has 3 fully saturated rings. The smallest absolute Gasteiger partial charge is 0.261 e. The number of fused-ring (bicyclic) bond motifs is 2. The fourth-order valence-electron chi connectivity index (χ4n) is 4.75. The summed E-state index contributed by atoms with van der Waals surface area (Å²) in [6.45, 7) is 1.02. The Labute approximate surface area is 187 Å². The molecule has 5 rings (SSSR count). The first-order valence-electron chi connectivity index (χ1n) is 10.3. The number of thioether (sulfide) groups is 1. The predicted molar refractivity (Wildman–Crippen MR) is 117 cm³/mol. The van der Waals surface area contributed by atoms with Gasteiger partial charge in [0.2, 0.25) is 11.8 Å². The van der Waals surface area contributed by atoms with Crippen LogP contribution in [0.25, 0.3) is 0 Å². The van der Waals surface area contributed by atoms with Gasteiger partial charge in [-0.25, -0.2) is 4.39 Å². The van der Waals surface area contributed by atoms with E-state index in [0.29, 0.717) is 30.1 Å². The number of piperazine rings is 1. The van der Waals surface area contributed by atoms with Crippen molar-refractivity contribution in [1.82, 2.24) is 15.1 Å². The third-order valence-corrected chi connectivity index (χ3v) is 8.54. The Bertz CT molecular complexity index is 998. The van der Waals surface area contributed by atoms with Gasteiger partial charge in [0.05, 0.1) is 10.9 Å². The number of benzene rings is 1. The number of hydrogen-bond acceptors (Lipinski definition) is 5. The number of carbonyl (C=O) groups excluding carboxylic acids is 3. The molecule has 31 heavy (non-hydrogen) atoms. The average Bonchev–Trinajstić information content (AvgIpc) is 3.51. The second-order valence-electron chi connectivity index (χ2n) is 8.06. The van der Waals surface area contributed by atoms with Crippen LogP contribution in [0.4, 0.5) is 4.39 Å². The molecule has 0 saturated carbocycles. The van der Waals surface area contributed by atoms with Gasteiger partial charge in [-0.15, -0.1) is 11.3 Å². The summed E-state index contributed by atoms with van der Waals surface area (Å²) < 4.78 is 13.1. The molecule has 9 heteroatoms. The van der Waals surface area contributed by atoms with Crippen molar-refractivity contribution in [3.8, 4) is 0 Å². The summed E-state index contributed by atoms with van der Waals surface area (Å²) in [6, 6.07) is 8.50. The van der Waals surface area contributed by atoms with E-state index in [1.54, 1.807) is 39.8 Å². The maximum Gasteiger partial charge on any atom is 0.261 e. The van der Waals surface area contributed by atoms with Crippen molar-refractivity contribution in [3.63, 3.8) is 0 Å². The fourth-order valence-corrected chi connectivity index (χ4v) is 6.69. The molecule has 1 aromatic heterocycles. The van der Waals surface area contributed by atoms with Crippen LogP contribution >= 0.6 is 23.1 Å². The summed E-state index contributed by atoms with van der Waals surface area (Å²) in [5.41, 5.74) is 0.995. The summed E-state index contributed by atoms with van der Waals surface area (Å²) in [5.74, 6) is 0.114. The van der Waals surface area contributed by atoms with Crippen LogP contribution in [0.5, 0.6) is 0 Å². The monoisotopic (exact) mass is 459 g/mol. The van der Waals surface area contributed by atoms with Gasteiger partial charge in [-0.2, -0.15) is 11.8 Å². The summed E-state index contributed by atoms with van der Waals surface area (Å²) in [4.78, 5) is 43.1. The zero-order valence-corrected chi connectivity index (χ0v) is 18.3. The van der Waals surface area contributed by atoms with Crippen molar-refractivity contribution in [2.45, 2.75) is 42.0 Å². The zero-order valence-electron chi connectivity index (χ0n) is 16.7. The first-order valence-corrected chi connectivity index (χ1v) is 12.3. The lowest BCUT2D eigenvalue weighted by Gasteiger charge is -2.41. The molecule has 4 unspecified atom stereocenters. The Morgan fingerprint density at radius 3 is 2.52 bits per heavy atom. The van der Waals surface area contributed by atoms with Crippen LogP contribution in [-0.4, -0.2) is 64.0 Å². The highest BCUT2D eigenvalue weighted by Gasteiger charge is 2.56. The number of rotatable bonds is 5. The van der Waals surface area contributed by atoms with Gasteiger partial charge in [0.15, 0.2) is 0 Å². The number of nitrogens with one attached hydrogen (secondary N) is 1. The molecule has 3 amide bonds. The molecule has 6 nitrogen and oxygen atoms in total. The van der Waals surface area contributed by atoms with Crippen molar-refractivity contribution in [1.29, 1.82) is 0 Å². The molecule has 4 heterocycles.